The molecule has 1 aliphatic heterocycles. The van der Waals surface area contributed by atoms with Crippen LogP contribution in [0.25, 0.3) is 10.9 Å². The highest BCUT2D eigenvalue weighted by Crippen LogP contribution is 2.49. The van der Waals surface area contributed by atoms with Gasteiger partial charge in [-0.15, -0.1) is 0 Å². The summed E-state index contributed by atoms with van der Waals surface area (Å²) in [4.78, 5) is 22.2. The summed E-state index contributed by atoms with van der Waals surface area (Å²) in [5.41, 5.74) is 3.63. The molecule has 5 rings (SSSR count). The Morgan fingerprint density at radius 2 is 1.88 bits per heavy atom. The summed E-state index contributed by atoms with van der Waals surface area (Å²) >= 11 is 9.39. The smallest absolute Gasteiger partial charge is 0.242 e. The van der Waals surface area contributed by atoms with Crippen LogP contribution in [0.3, 0.4) is 0 Å². The molecule has 4 aromatic rings. The van der Waals surface area contributed by atoms with Crippen LogP contribution in [0.4, 0.5) is 11.4 Å². The minimum Gasteiger partial charge on any atom is -0.494 e. The quantitative estimate of drug-likeness (QED) is 0.269. The first-order valence-corrected chi connectivity index (χ1v) is 12.8. The molecule has 0 saturated heterocycles. The molecule has 0 N–H and O–H groups in total. The van der Waals surface area contributed by atoms with Gasteiger partial charge in [-0.3, -0.25) is 9.69 Å². The molecule has 0 fully saturated rings. The van der Waals surface area contributed by atoms with E-state index in [2.05, 4.69) is 6.07 Å². The fourth-order valence-electron chi connectivity index (χ4n) is 3.84. The number of pyridine rings is 1. The first kappa shape index (κ1) is 22.1. The van der Waals surface area contributed by atoms with E-state index in [1.54, 1.807) is 16.7 Å². The molecule has 0 unspecified atom stereocenters. The zero-order valence-electron chi connectivity index (χ0n) is 18.2. The highest BCUT2D eigenvalue weighted by Gasteiger charge is 2.28. The van der Waals surface area contributed by atoms with E-state index in [0.717, 1.165) is 48.4 Å². The molecular formula is C26H21ClN2O2S2. The molecule has 1 amide bonds. The van der Waals surface area contributed by atoms with Gasteiger partial charge in [0.25, 0.3) is 0 Å². The average Bonchev–Trinajstić information content (AvgIpc) is 2.81. The van der Waals surface area contributed by atoms with Crippen LogP contribution in [0.15, 0.2) is 81.5 Å². The van der Waals surface area contributed by atoms with Gasteiger partial charge in [0, 0.05) is 20.2 Å². The minimum absolute atomic E-state index is 0.00995. The van der Waals surface area contributed by atoms with Crippen LogP contribution in [0.1, 0.15) is 12.5 Å². The van der Waals surface area contributed by atoms with Crippen LogP contribution in [-0.4, -0.2) is 23.3 Å². The SMILES string of the molecule is CCOc1ccc2nc(SCC(=O)N3c4ccccc4Sc4ccc(Cl)cc43)c(C)cc2c1. The Kier molecular flexibility index (Phi) is 6.23. The lowest BCUT2D eigenvalue weighted by molar-refractivity contribution is -0.115. The molecule has 166 valence electrons. The number of fused-ring (bicyclic) bond motifs is 3. The van der Waals surface area contributed by atoms with Crippen molar-refractivity contribution in [2.45, 2.75) is 28.7 Å². The Bertz CT molecular complexity index is 1380. The number of carbonyl (C=O) groups is 1. The van der Waals surface area contributed by atoms with Gasteiger partial charge in [-0.1, -0.05) is 47.3 Å². The molecule has 7 heteroatoms. The fraction of sp³-hybridized carbons (Fsp3) is 0.154. The van der Waals surface area contributed by atoms with E-state index >= 15 is 0 Å². The highest BCUT2D eigenvalue weighted by atomic mass is 35.5. The zero-order chi connectivity index (χ0) is 22.9. The van der Waals surface area contributed by atoms with Crippen molar-refractivity contribution in [2.24, 2.45) is 0 Å². The molecule has 4 nitrogen and oxygen atoms in total. The number of para-hydroxylation sites is 1. The first-order chi connectivity index (χ1) is 16.0. The lowest BCUT2D eigenvalue weighted by Crippen LogP contribution is -2.30. The second-order valence-corrected chi connectivity index (χ2v) is 10.1. The van der Waals surface area contributed by atoms with Crippen LogP contribution in [0.5, 0.6) is 5.75 Å². The van der Waals surface area contributed by atoms with Crippen LogP contribution in [0, 0.1) is 6.92 Å². The van der Waals surface area contributed by atoms with Crippen LogP contribution in [0.2, 0.25) is 5.02 Å². The number of aryl methyl sites for hydroxylation is 1. The second kappa shape index (κ2) is 9.29. The summed E-state index contributed by atoms with van der Waals surface area (Å²) in [6, 6.07) is 21.6. The molecular weight excluding hydrogens is 472 g/mol. The lowest BCUT2D eigenvalue weighted by Gasteiger charge is -2.31. The number of halogens is 1. The molecule has 0 aliphatic carbocycles. The van der Waals surface area contributed by atoms with E-state index < -0.39 is 0 Å². The van der Waals surface area contributed by atoms with Gasteiger partial charge in [-0.25, -0.2) is 4.98 Å². The third-order valence-corrected chi connectivity index (χ3v) is 7.75. The predicted octanol–water partition coefficient (Wildman–Crippen LogP) is 7.52. The third kappa shape index (κ3) is 4.43. The number of carbonyl (C=O) groups excluding carboxylic acids is 1. The number of thioether (sulfide) groups is 1. The Labute approximate surface area is 206 Å². The Morgan fingerprint density at radius 1 is 1.06 bits per heavy atom. The number of ether oxygens (including phenoxy) is 1. The van der Waals surface area contributed by atoms with Gasteiger partial charge in [0.05, 0.1) is 29.3 Å². The summed E-state index contributed by atoms with van der Waals surface area (Å²) in [6.07, 6.45) is 0. The van der Waals surface area contributed by atoms with E-state index in [0.29, 0.717) is 11.6 Å². The van der Waals surface area contributed by atoms with Crippen molar-refractivity contribution in [1.29, 1.82) is 0 Å². The Morgan fingerprint density at radius 3 is 2.73 bits per heavy atom. The van der Waals surface area contributed by atoms with Crippen LogP contribution < -0.4 is 9.64 Å². The van der Waals surface area contributed by atoms with Gasteiger partial charge in [0.1, 0.15) is 10.8 Å². The number of benzene rings is 3. The molecule has 1 aromatic heterocycles. The molecule has 0 saturated carbocycles. The average molecular weight is 493 g/mol. The number of anilines is 2. The van der Waals surface area contributed by atoms with Gasteiger partial charge in [0.2, 0.25) is 5.91 Å². The van der Waals surface area contributed by atoms with Gasteiger partial charge in [0.15, 0.2) is 0 Å². The van der Waals surface area contributed by atoms with E-state index in [1.807, 2.05) is 74.5 Å². The molecule has 0 bridgehead atoms. The molecule has 0 atom stereocenters. The summed E-state index contributed by atoms with van der Waals surface area (Å²) < 4.78 is 5.60. The molecule has 0 radical (unpaired) electrons. The van der Waals surface area contributed by atoms with Gasteiger partial charge in [-0.2, -0.15) is 0 Å². The normalized spacial score (nSPS) is 12.4. The predicted molar refractivity (Wildman–Crippen MR) is 138 cm³/mol. The number of amides is 1. The Hall–Kier alpha value is -2.67. The van der Waals surface area contributed by atoms with Crippen molar-refractivity contribution in [3.8, 4) is 5.75 Å². The van der Waals surface area contributed by atoms with Crippen molar-refractivity contribution in [2.75, 3.05) is 17.3 Å². The van der Waals surface area contributed by atoms with E-state index in [9.17, 15) is 4.79 Å². The number of hydrogen-bond acceptors (Lipinski definition) is 5. The number of aromatic nitrogens is 1. The molecule has 1 aliphatic rings. The van der Waals surface area contributed by atoms with Crippen LogP contribution >= 0.6 is 35.1 Å². The van der Waals surface area contributed by atoms with Gasteiger partial charge >= 0.3 is 0 Å². The largest absolute Gasteiger partial charge is 0.494 e. The number of nitrogens with zero attached hydrogens (tertiary/aromatic N) is 2. The monoisotopic (exact) mass is 492 g/mol. The molecule has 2 heterocycles. The highest BCUT2D eigenvalue weighted by molar-refractivity contribution is 8.00. The maximum atomic E-state index is 13.5. The summed E-state index contributed by atoms with van der Waals surface area (Å²) in [5, 5.41) is 2.49. The zero-order valence-corrected chi connectivity index (χ0v) is 20.6. The maximum absolute atomic E-state index is 13.5. The topological polar surface area (TPSA) is 42.4 Å². The van der Waals surface area contributed by atoms with E-state index in [-0.39, 0.29) is 11.7 Å². The second-order valence-electron chi connectivity index (χ2n) is 7.60. The standard InChI is InChI=1S/C26H21ClN2O2S2/c1-3-31-19-9-10-20-17(13-19)12-16(2)26(28-20)32-15-25(30)29-21-6-4-5-7-23(21)33-24-11-8-18(27)14-22(24)29/h4-14H,3,15H2,1-2H3. The summed E-state index contributed by atoms with van der Waals surface area (Å²) in [5.74, 6) is 1.09. The lowest BCUT2D eigenvalue weighted by atomic mass is 10.1. The van der Waals surface area contributed by atoms with Crippen LogP contribution in [-0.2, 0) is 4.79 Å². The molecule has 0 spiro atoms. The minimum atomic E-state index is -0.00995. The summed E-state index contributed by atoms with van der Waals surface area (Å²) in [6.45, 7) is 4.62. The fourth-order valence-corrected chi connectivity index (χ4v) is 5.88. The number of rotatable bonds is 5. The first-order valence-electron chi connectivity index (χ1n) is 10.6. The van der Waals surface area contributed by atoms with Crippen molar-refractivity contribution in [3.05, 3.63) is 77.3 Å². The number of hydrogen-bond donors (Lipinski definition) is 0. The van der Waals surface area contributed by atoms with E-state index in [1.165, 1.54) is 11.8 Å². The van der Waals surface area contributed by atoms with Crippen molar-refractivity contribution in [3.63, 3.8) is 0 Å². The summed E-state index contributed by atoms with van der Waals surface area (Å²) in [7, 11) is 0. The van der Waals surface area contributed by atoms with Gasteiger partial charge in [-0.05, 0) is 74.0 Å². The van der Waals surface area contributed by atoms with Gasteiger partial charge < -0.3 is 4.74 Å². The van der Waals surface area contributed by atoms with Crippen molar-refractivity contribution < 1.29 is 9.53 Å². The maximum Gasteiger partial charge on any atom is 0.242 e. The third-order valence-electron chi connectivity index (χ3n) is 5.31. The van der Waals surface area contributed by atoms with Crippen molar-refractivity contribution in [1.82, 2.24) is 4.98 Å². The Balaban J connectivity index is 1.43. The molecule has 3 aromatic carbocycles. The molecule has 33 heavy (non-hydrogen) atoms. The van der Waals surface area contributed by atoms with Crippen molar-refractivity contribution >= 4 is 63.3 Å². The van der Waals surface area contributed by atoms with E-state index in [4.69, 9.17) is 21.3 Å².